The molecule has 0 fully saturated rings. The molecule has 0 amide bonds. The van der Waals surface area contributed by atoms with Crippen LogP contribution in [0.3, 0.4) is 0 Å². The van der Waals surface area contributed by atoms with E-state index in [4.69, 9.17) is 20.4 Å². The first-order valence-corrected chi connectivity index (χ1v) is 3.46. The Bertz CT molecular complexity index is 150. The van der Waals surface area contributed by atoms with Gasteiger partial charge in [-0.2, -0.15) is 4.94 Å². The summed E-state index contributed by atoms with van der Waals surface area (Å²) in [4.78, 5) is 13.0. The van der Waals surface area contributed by atoms with Gasteiger partial charge in [0.1, 0.15) is 24.4 Å². The first-order chi connectivity index (χ1) is 6.08. The van der Waals surface area contributed by atoms with Gasteiger partial charge in [0.25, 0.3) is 0 Å². The predicted molar refractivity (Wildman–Crippen MR) is 37.2 cm³/mol. The van der Waals surface area contributed by atoms with Crippen molar-refractivity contribution in [1.82, 2.24) is 0 Å². The van der Waals surface area contributed by atoms with Gasteiger partial charge in [0.05, 0.1) is 6.61 Å². The summed E-state index contributed by atoms with van der Waals surface area (Å²) in [6, 6.07) is 0. The number of carbonyl (C=O) groups is 1. The number of hydrogen-bond donors (Lipinski definition) is 4. The molecule has 0 heterocycles. The van der Waals surface area contributed by atoms with Gasteiger partial charge in [0, 0.05) is 0 Å². The number of rotatable bonds is 6. The van der Waals surface area contributed by atoms with Gasteiger partial charge in [-0.1, -0.05) is 0 Å². The number of aldehydes is 1. The number of halogens is 1. The summed E-state index contributed by atoms with van der Waals surface area (Å²) in [5, 5.41) is 35.0. The Kier molecular flexibility index (Phi) is 5.67. The summed E-state index contributed by atoms with van der Waals surface area (Å²) in [7, 11) is 0. The third kappa shape index (κ3) is 3.33. The normalized spacial score (nSPS) is 20.4. The average molecular weight is 198 g/mol. The molecule has 0 spiro atoms. The van der Waals surface area contributed by atoms with E-state index in [1.807, 2.05) is 0 Å². The molecule has 0 aliphatic heterocycles. The van der Waals surface area contributed by atoms with Crippen LogP contribution < -0.4 is 0 Å². The van der Waals surface area contributed by atoms with Crippen molar-refractivity contribution in [1.29, 1.82) is 0 Å². The maximum absolute atomic E-state index is 11.5. The summed E-state index contributed by atoms with van der Waals surface area (Å²) in [6.45, 7) is -0.889. The maximum atomic E-state index is 11.5. The molecule has 0 saturated carbocycles. The summed E-state index contributed by atoms with van der Waals surface area (Å²) >= 11 is 0. The van der Waals surface area contributed by atoms with Crippen molar-refractivity contribution in [2.45, 2.75) is 24.4 Å². The predicted octanol–water partition coefficient (Wildman–Crippen LogP) is -2.47. The highest BCUT2D eigenvalue weighted by Gasteiger charge is 2.32. The van der Waals surface area contributed by atoms with Crippen molar-refractivity contribution in [3.8, 4) is 0 Å². The largest absolute Gasteiger partial charge is 0.393 e. The fraction of sp³-hybridized carbons (Fsp3) is 0.833. The van der Waals surface area contributed by atoms with Crippen molar-refractivity contribution in [3.05, 3.63) is 0 Å². The van der Waals surface area contributed by atoms with E-state index < -0.39 is 31.0 Å². The van der Waals surface area contributed by atoms with Gasteiger partial charge in [-0.3, -0.25) is 0 Å². The van der Waals surface area contributed by atoms with Crippen molar-refractivity contribution < 1.29 is 34.7 Å². The highest BCUT2D eigenvalue weighted by atomic mass is 19.3. The molecule has 0 aromatic heterocycles. The summed E-state index contributed by atoms with van der Waals surface area (Å²) in [5.41, 5.74) is 0. The molecule has 78 valence electrons. The maximum Gasteiger partial charge on any atom is 0.151 e. The van der Waals surface area contributed by atoms with E-state index in [9.17, 15) is 9.32 Å². The van der Waals surface area contributed by atoms with Crippen LogP contribution in [-0.2, 0) is 9.74 Å². The molecular weight excluding hydrogens is 187 g/mol. The Labute approximate surface area is 73.1 Å². The molecule has 0 aromatic carbocycles. The Morgan fingerprint density at radius 1 is 1.31 bits per heavy atom. The highest BCUT2D eigenvalue weighted by Crippen LogP contribution is 2.07. The summed E-state index contributed by atoms with van der Waals surface area (Å²) in [6.07, 6.45) is -7.34. The zero-order chi connectivity index (χ0) is 10.4. The minimum Gasteiger partial charge on any atom is -0.393 e. The smallest absolute Gasteiger partial charge is 0.151 e. The van der Waals surface area contributed by atoms with E-state index in [0.29, 0.717) is 0 Å². The van der Waals surface area contributed by atoms with Crippen LogP contribution in [0.25, 0.3) is 0 Å². The lowest BCUT2D eigenvalue weighted by molar-refractivity contribution is -0.236. The lowest BCUT2D eigenvalue weighted by Gasteiger charge is -2.23. The second-order valence-corrected chi connectivity index (χ2v) is 2.42. The van der Waals surface area contributed by atoms with Crippen molar-refractivity contribution in [2.75, 3.05) is 6.61 Å². The summed E-state index contributed by atoms with van der Waals surface area (Å²) < 4.78 is 11.5. The third-order valence-corrected chi connectivity index (χ3v) is 1.51. The first-order valence-electron chi connectivity index (χ1n) is 3.46. The molecule has 0 aliphatic rings. The van der Waals surface area contributed by atoms with Crippen molar-refractivity contribution >= 4 is 6.29 Å². The van der Waals surface area contributed by atoms with E-state index in [1.54, 1.807) is 0 Å². The molecular formula is C6H11FO6. The second kappa shape index (κ2) is 5.95. The molecule has 0 radical (unpaired) electrons. The lowest BCUT2D eigenvalue weighted by Crippen LogP contribution is -2.46. The molecule has 0 rings (SSSR count). The molecule has 7 heteroatoms. The second-order valence-electron chi connectivity index (χ2n) is 2.42. The summed E-state index contributed by atoms with van der Waals surface area (Å²) in [5.74, 6) is 0. The van der Waals surface area contributed by atoms with E-state index in [0.717, 1.165) is 0 Å². The first kappa shape index (κ1) is 12.4. The molecule has 6 nitrogen and oxygen atoms in total. The van der Waals surface area contributed by atoms with Crippen LogP contribution in [0.4, 0.5) is 4.53 Å². The van der Waals surface area contributed by atoms with Gasteiger partial charge in [-0.15, -0.1) is 0 Å². The molecule has 0 aromatic rings. The molecule has 0 saturated heterocycles. The van der Waals surface area contributed by atoms with Crippen molar-refractivity contribution in [2.24, 2.45) is 0 Å². The van der Waals surface area contributed by atoms with Crippen LogP contribution in [0, 0.1) is 0 Å². The molecule has 4 atom stereocenters. The topological polar surface area (TPSA) is 107 Å². The van der Waals surface area contributed by atoms with Crippen molar-refractivity contribution in [3.63, 3.8) is 0 Å². The molecule has 0 bridgehead atoms. The zero-order valence-corrected chi connectivity index (χ0v) is 6.58. The van der Waals surface area contributed by atoms with Crippen LogP contribution in [0.15, 0.2) is 0 Å². The van der Waals surface area contributed by atoms with Crippen LogP contribution in [-0.4, -0.2) is 57.7 Å². The van der Waals surface area contributed by atoms with Gasteiger partial charge in [-0.25, -0.2) is 0 Å². The minimum absolute atomic E-state index is 0.0272. The number of carbonyl (C=O) groups excluding carboxylic acids is 1. The molecule has 13 heavy (non-hydrogen) atoms. The van der Waals surface area contributed by atoms with Crippen LogP contribution in [0.5, 0.6) is 0 Å². The van der Waals surface area contributed by atoms with Gasteiger partial charge < -0.3 is 25.2 Å². The Morgan fingerprint density at radius 3 is 2.15 bits per heavy atom. The van der Waals surface area contributed by atoms with Crippen LogP contribution in [0.1, 0.15) is 0 Å². The SMILES string of the molecule is O=C[C@H](O)[C@@H](O)[C@H](O)[C@@H](CO)OF. The van der Waals surface area contributed by atoms with E-state index in [2.05, 4.69) is 4.94 Å². The van der Waals surface area contributed by atoms with E-state index in [1.165, 1.54) is 0 Å². The standard InChI is InChI=1S/C6H11FO6/c7-13-4(2-9)6(12)5(11)3(10)1-8/h1,3-6,9-12H,2H2/t3-,4+,5+,6+/m0/s1. The lowest BCUT2D eigenvalue weighted by atomic mass is 10.0. The Hall–Kier alpha value is -0.600. The highest BCUT2D eigenvalue weighted by molar-refractivity contribution is 5.56. The Morgan fingerprint density at radius 2 is 1.85 bits per heavy atom. The zero-order valence-electron chi connectivity index (χ0n) is 6.58. The van der Waals surface area contributed by atoms with Gasteiger partial charge in [0.2, 0.25) is 0 Å². The van der Waals surface area contributed by atoms with Gasteiger partial charge in [0.15, 0.2) is 6.29 Å². The minimum atomic E-state index is -1.90. The number of aliphatic hydroxyl groups is 4. The average Bonchev–Trinajstić information content (AvgIpc) is 2.17. The molecule has 4 N–H and O–H groups in total. The van der Waals surface area contributed by atoms with Gasteiger partial charge >= 0.3 is 0 Å². The van der Waals surface area contributed by atoms with E-state index >= 15 is 0 Å². The number of aliphatic hydroxyl groups excluding tert-OH is 4. The fourth-order valence-electron chi connectivity index (χ4n) is 0.691. The Balaban J connectivity index is 4.20. The van der Waals surface area contributed by atoms with E-state index in [-0.39, 0.29) is 6.29 Å². The quantitative estimate of drug-likeness (QED) is 0.352. The monoisotopic (exact) mass is 198 g/mol. The number of hydrogen-bond acceptors (Lipinski definition) is 6. The van der Waals surface area contributed by atoms with Crippen LogP contribution in [0.2, 0.25) is 0 Å². The third-order valence-electron chi connectivity index (χ3n) is 1.51. The van der Waals surface area contributed by atoms with Crippen LogP contribution >= 0.6 is 0 Å². The van der Waals surface area contributed by atoms with Gasteiger partial charge in [-0.05, 0) is 4.53 Å². The molecule has 0 aliphatic carbocycles. The molecule has 0 unspecified atom stereocenters. The fourth-order valence-corrected chi connectivity index (χ4v) is 0.691.